The Labute approximate surface area is 257 Å². The second kappa shape index (κ2) is 11.8. The minimum Gasteiger partial charge on any atom is -0.465 e. The Morgan fingerprint density at radius 1 is 1.00 bits per heavy atom. The lowest BCUT2D eigenvalue weighted by Gasteiger charge is -2.37. The van der Waals surface area contributed by atoms with Gasteiger partial charge in [0, 0.05) is 42.6 Å². The third kappa shape index (κ3) is 5.37. The molecule has 0 spiro atoms. The van der Waals surface area contributed by atoms with Crippen molar-refractivity contribution in [3.8, 4) is 5.69 Å². The van der Waals surface area contributed by atoms with Crippen molar-refractivity contribution >= 4 is 46.3 Å². The van der Waals surface area contributed by atoms with E-state index >= 15 is 0 Å². The number of pyridine rings is 1. The zero-order valence-electron chi connectivity index (χ0n) is 23.9. The highest BCUT2D eigenvalue weighted by Crippen LogP contribution is 2.44. The van der Waals surface area contributed by atoms with Gasteiger partial charge in [-0.25, -0.2) is 4.79 Å². The number of thiocarbonyl (C=S) groups is 1. The summed E-state index contributed by atoms with van der Waals surface area (Å²) in [5.74, 6) is 0.880. The molecule has 2 fully saturated rings. The first-order valence-corrected chi connectivity index (χ1v) is 15.0. The van der Waals surface area contributed by atoms with E-state index in [0.29, 0.717) is 27.5 Å². The summed E-state index contributed by atoms with van der Waals surface area (Å²) in [5.41, 5.74) is 5.30. The minimum absolute atomic E-state index is 0.205. The van der Waals surface area contributed by atoms with Crippen LogP contribution in [0.3, 0.4) is 0 Å². The number of methoxy groups -OCH3 is 1. The molecule has 0 aliphatic carbocycles. The summed E-state index contributed by atoms with van der Waals surface area (Å²) < 4.78 is 7.00. The van der Waals surface area contributed by atoms with E-state index in [1.165, 1.54) is 13.5 Å². The molecule has 0 bridgehead atoms. The number of aromatic nitrogens is 2. The predicted octanol–water partition coefficient (Wildman–Crippen LogP) is 6.97. The number of halogens is 1. The van der Waals surface area contributed by atoms with E-state index in [0.717, 1.165) is 41.5 Å². The Bertz CT molecular complexity index is 1580. The number of anilines is 2. The Morgan fingerprint density at radius 2 is 1.74 bits per heavy atom. The summed E-state index contributed by atoms with van der Waals surface area (Å²) in [4.78, 5) is 21.3. The monoisotopic (exact) mass is 599 g/mol. The van der Waals surface area contributed by atoms with Crippen molar-refractivity contribution in [3.63, 3.8) is 0 Å². The first kappa shape index (κ1) is 28.2. The Hall–Kier alpha value is -3.88. The van der Waals surface area contributed by atoms with E-state index in [1.807, 2.05) is 48.7 Å². The molecule has 0 amide bonds. The van der Waals surface area contributed by atoms with Crippen LogP contribution in [0.25, 0.3) is 5.69 Å². The molecule has 4 heterocycles. The molecule has 9 heteroatoms. The topological polar surface area (TPSA) is 62.6 Å². The molecule has 2 aromatic carbocycles. The number of benzene rings is 2. The minimum atomic E-state index is -0.366. The van der Waals surface area contributed by atoms with Crippen LogP contribution in [0.1, 0.15) is 54.1 Å². The van der Waals surface area contributed by atoms with Gasteiger partial charge < -0.3 is 24.4 Å². The fraction of sp³-hybridized carbons (Fsp3) is 0.303. The Kier molecular flexibility index (Phi) is 7.92. The highest BCUT2D eigenvalue weighted by molar-refractivity contribution is 7.80. The third-order valence-corrected chi connectivity index (χ3v) is 8.78. The smallest absolute Gasteiger partial charge is 0.337 e. The summed E-state index contributed by atoms with van der Waals surface area (Å²) in [5, 5.41) is 4.86. The van der Waals surface area contributed by atoms with Gasteiger partial charge >= 0.3 is 5.97 Å². The van der Waals surface area contributed by atoms with Gasteiger partial charge in [-0.15, -0.1) is 0 Å². The standard InChI is InChI=1S/C33H34ClN5O2S/c1-21-17-22(2)20-37(19-21)28-14-13-25(18-26(28)34)39-31(30(36-33(39)42)27-7-4-5-15-35-27)29-8-6-16-38(29)24-11-9-23(10-12-24)32(40)41-3/h4-16,18,21-22,30-31H,17,19-20H2,1-3H3,(H,36,42)/t21-,22+,30-,31-/m1/s1. The zero-order valence-corrected chi connectivity index (χ0v) is 25.5. The van der Waals surface area contributed by atoms with Crippen LogP contribution in [0, 0.1) is 11.8 Å². The van der Waals surface area contributed by atoms with Crippen molar-refractivity contribution in [1.29, 1.82) is 0 Å². The number of rotatable bonds is 6. The van der Waals surface area contributed by atoms with E-state index in [9.17, 15) is 4.79 Å². The van der Waals surface area contributed by atoms with Gasteiger partial charge in [0.25, 0.3) is 0 Å². The summed E-state index contributed by atoms with van der Waals surface area (Å²) in [6, 6.07) is 23.3. The van der Waals surface area contributed by atoms with Gasteiger partial charge in [-0.2, -0.15) is 0 Å². The van der Waals surface area contributed by atoms with Gasteiger partial charge in [0.15, 0.2) is 5.11 Å². The first-order chi connectivity index (χ1) is 20.3. The fourth-order valence-electron chi connectivity index (χ4n) is 6.44. The molecule has 0 saturated carbocycles. The van der Waals surface area contributed by atoms with Crippen molar-refractivity contribution < 1.29 is 9.53 Å². The van der Waals surface area contributed by atoms with Gasteiger partial charge in [-0.05, 0) is 97.2 Å². The second-order valence-corrected chi connectivity index (χ2v) is 12.1. The molecule has 6 rings (SSSR count). The molecule has 2 aliphatic heterocycles. The van der Waals surface area contributed by atoms with E-state index in [-0.39, 0.29) is 18.1 Å². The third-order valence-electron chi connectivity index (χ3n) is 8.17. The van der Waals surface area contributed by atoms with Crippen LogP contribution in [0.5, 0.6) is 0 Å². The predicted molar refractivity (Wildman–Crippen MR) is 172 cm³/mol. The SMILES string of the molecule is COC(=O)c1ccc(-n2cccc2[C@@H]2[C@@H](c3ccccn3)NC(=S)N2c2ccc(N3C[C@H](C)C[C@H](C)C3)c(Cl)c2)cc1. The van der Waals surface area contributed by atoms with Crippen molar-refractivity contribution in [1.82, 2.24) is 14.9 Å². The molecule has 0 radical (unpaired) electrons. The maximum atomic E-state index is 12.0. The Balaban J connectivity index is 1.40. The van der Waals surface area contributed by atoms with Crippen molar-refractivity contribution in [2.45, 2.75) is 32.4 Å². The van der Waals surface area contributed by atoms with E-state index in [4.69, 9.17) is 33.5 Å². The number of carbonyl (C=O) groups excluding carboxylic acids is 1. The van der Waals surface area contributed by atoms with E-state index in [1.54, 1.807) is 18.3 Å². The van der Waals surface area contributed by atoms with E-state index in [2.05, 4.69) is 51.7 Å². The lowest BCUT2D eigenvalue weighted by atomic mass is 9.91. The van der Waals surface area contributed by atoms with Gasteiger partial charge in [0.05, 0.1) is 35.1 Å². The summed E-state index contributed by atoms with van der Waals surface area (Å²) in [7, 11) is 1.38. The van der Waals surface area contributed by atoms with Crippen molar-refractivity contribution in [2.75, 3.05) is 30.0 Å². The Morgan fingerprint density at radius 3 is 2.40 bits per heavy atom. The molecule has 4 atom stereocenters. The fourth-order valence-corrected chi connectivity index (χ4v) is 7.08. The molecular weight excluding hydrogens is 566 g/mol. The van der Waals surface area contributed by atoms with Crippen LogP contribution in [0.2, 0.25) is 5.02 Å². The quantitative estimate of drug-likeness (QED) is 0.190. The van der Waals surface area contributed by atoms with Crippen LogP contribution >= 0.6 is 23.8 Å². The van der Waals surface area contributed by atoms with Crippen LogP contribution < -0.4 is 15.1 Å². The maximum absolute atomic E-state index is 12.0. The maximum Gasteiger partial charge on any atom is 0.337 e. The number of hydrogen-bond donors (Lipinski definition) is 1. The van der Waals surface area contributed by atoms with Crippen LogP contribution in [0.4, 0.5) is 11.4 Å². The number of hydrogen-bond acceptors (Lipinski definition) is 5. The lowest BCUT2D eigenvalue weighted by molar-refractivity contribution is 0.0600. The molecule has 0 unspecified atom stereocenters. The van der Waals surface area contributed by atoms with Gasteiger partial charge in [0.2, 0.25) is 0 Å². The highest BCUT2D eigenvalue weighted by Gasteiger charge is 2.42. The van der Waals surface area contributed by atoms with Crippen LogP contribution in [0.15, 0.2) is 85.2 Å². The van der Waals surface area contributed by atoms with Gasteiger partial charge in [-0.3, -0.25) is 4.98 Å². The van der Waals surface area contributed by atoms with Crippen LogP contribution in [-0.2, 0) is 4.74 Å². The number of piperidine rings is 1. The molecule has 1 N–H and O–H groups in total. The first-order valence-electron chi connectivity index (χ1n) is 14.2. The molecular formula is C33H34ClN5O2S. The molecule has 216 valence electrons. The largest absolute Gasteiger partial charge is 0.465 e. The average molecular weight is 600 g/mol. The number of carbonyl (C=O) groups is 1. The molecule has 2 saturated heterocycles. The molecule has 2 aliphatic rings. The van der Waals surface area contributed by atoms with Crippen molar-refractivity contribution in [2.24, 2.45) is 11.8 Å². The molecule has 7 nitrogen and oxygen atoms in total. The highest BCUT2D eigenvalue weighted by atomic mass is 35.5. The summed E-state index contributed by atoms with van der Waals surface area (Å²) in [6.45, 7) is 6.61. The number of nitrogens with one attached hydrogen (secondary N) is 1. The normalized spacial score (nSPS) is 22.2. The van der Waals surface area contributed by atoms with E-state index < -0.39 is 0 Å². The summed E-state index contributed by atoms with van der Waals surface area (Å²) >= 11 is 13.0. The number of nitrogens with zero attached hydrogens (tertiary/aromatic N) is 4. The summed E-state index contributed by atoms with van der Waals surface area (Å²) in [6.07, 6.45) is 5.06. The van der Waals surface area contributed by atoms with Crippen molar-refractivity contribution in [3.05, 3.63) is 107 Å². The van der Waals surface area contributed by atoms with Crippen LogP contribution in [-0.4, -0.2) is 40.8 Å². The average Bonchev–Trinajstić information content (AvgIpc) is 3.61. The zero-order chi connectivity index (χ0) is 29.4. The van der Waals surface area contributed by atoms with Gasteiger partial charge in [0.1, 0.15) is 6.04 Å². The number of ether oxygens (including phenoxy) is 1. The molecule has 2 aromatic heterocycles. The molecule has 4 aromatic rings. The van der Waals surface area contributed by atoms with Gasteiger partial charge in [-0.1, -0.05) is 31.5 Å². The second-order valence-electron chi connectivity index (χ2n) is 11.3. The molecule has 42 heavy (non-hydrogen) atoms. The lowest BCUT2D eigenvalue weighted by Crippen LogP contribution is -2.38. The number of esters is 1.